The van der Waals surface area contributed by atoms with E-state index in [-0.39, 0.29) is 23.9 Å². The van der Waals surface area contributed by atoms with E-state index in [2.05, 4.69) is 10.3 Å². The highest BCUT2D eigenvalue weighted by atomic mass is 32.2. The van der Waals surface area contributed by atoms with Gasteiger partial charge in [0.05, 0.1) is 11.7 Å². The van der Waals surface area contributed by atoms with Crippen LogP contribution in [0, 0.1) is 0 Å². The van der Waals surface area contributed by atoms with Crippen molar-refractivity contribution in [2.75, 3.05) is 24.3 Å². The largest absolute Gasteiger partial charge is 0.486 e. The van der Waals surface area contributed by atoms with Crippen molar-refractivity contribution in [3.8, 4) is 11.5 Å². The van der Waals surface area contributed by atoms with Gasteiger partial charge in [0.1, 0.15) is 13.2 Å². The molecule has 1 atom stereocenters. The summed E-state index contributed by atoms with van der Waals surface area (Å²) in [4.78, 5) is 30.0. The van der Waals surface area contributed by atoms with Crippen LogP contribution in [0.3, 0.4) is 0 Å². The zero-order valence-electron chi connectivity index (χ0n) is 14.7. The normalized spacial score (nSPS) is 19.5. The van der Waals surface area contributed by atoms with E-state index in [1.165, 1.54) is 0 Å². The summed E-state index contributed by atoms with van der Waals surface area (Å²) in [6, 6.07) is 5.20. The average molecular weight is 385 g/mol. The van der Waals surface area contributed by atoms with Gasteiger partial charge in [-0.3, -0.25) is 14.2 Å². The molecule has 0 saturated heterocycles. The first kappa shape index (κ1) is 16.7. The third kappa shape index (κ3) is 2.97. The monoisotopic (exact) mass is 385 g/mol. The van der Waals surface area contributed by atoms with Gasteiger partial charge >= 0.3 is 0 Å². The summed E-state index contributed by atoms with van der Waals surface area (Å²) in [5.74, 6) is 1.89. The van der Waals surface area contributed by atoms with Gasteiger partial charge in [0.2, 0.25) is 5.91 Å². The molecule has 1 aromatic heterocycles. The number of ether oxygens (including phenoxy) is 2. The van der Waals surface area contributed by atoms with Crippen molar-refractivity contribution in [3.05, 3.63) is 39.8 Å². The lowest BCUT2D eigenvalue weighted by Crippen LogP contribution is -2.30. The number of carbonyl (C=O) groups is 1. The molecule has 2 aromatic rings. The first-order chi connectivity index (χ1) is 13.2. The molecule has 27 heavy (non-hydrogen) atoms. The van der Waals surface area contributed by atoms with E-state index in [1.54, 1.807) is 34.5 Å². The molecule has 3 aliphatic rings. The van der Waals surface area contributed by atoms with Gasteiger partial charge in [0, 0.05) is 29.5 Å². The minimum atomic E-state index is -0.159. The zero-order valence-corrected chi connectivity index (χ0v) is 15.5. The predicted molar refractivity (Wildman–Crippen MR) is 101 cm³/mol. The van der Waals surface area contributed by atoms with Crippen molar-refractivity contribution < 1.29 is 14.3 Å². The Morgan fingerprint density at radius 2 is 2.11 bits per heavy atom. The van der Waals surface area contributed by atoms with Crippen molar-refractivity contribution in [3.63, 3.8) is 0 Å². The number of hydrogen-bond donors (Lipinski definition) is 1. The summed E-state index contributed by atoms with van der Waals surface area (Å²) >= 11 is 1.56. The molecule has 7 nitrogen and oxygen atoms in total. The van der Waals surface area contributed by atoms with Crippen molar-refractivity contribution in [1.29, 1.82) is 0 Å². The van der Waals surface area contributed by atoms with Gasteiger partial charge in [-0.1, -0.05) is 11.8 Å². The summed E-state index contributed by atoms with van der Waals surface area (Å²) in [5, 5.41) is 3.65. The van der Waals surface area contributed by atoms with E-state index >= 15 is 0 Å². The van der Waals surface area contributed by atoms with Crippen LogP contribution in [-0.4, -0.2) is 34.4 Å². The molecule has 2 aliphatic heterocycles. The Labute approximate surface area is 160 Å². The van der Waals surface area contributed by atoms with E-state index in [1.807, 2.05) is 0 Å². The van der Waals surface area contributed by atoms with E-state index in [0.717, 1.165) is 35.7 Å². The molecular weight excluding hydrogens is 366 g/mol. The van der Waals surface area contributed by atoms with Crippen LogP contribution in [-0.2, 0) is 17.6 Å². The second-order valence-electron chi connectivity index (χ2n) is 6.92. The van der Waals surface area contributed by atoms with Crippen LogP contribution in [0.25, 0.3) is 0 Å². The minimum Gasteiger partial charge on any atom is -0.486 e. The molecule has 1 unspecified atom stereocenters. The predicted octanol–water partition coefficient (Wildman–Crippen LogP) is 2.18. The van der Waals surface area contributed by atoms with Gasteiger partial charge in [-0.15, -0.1) is 0 Å². The molecule has 0 bridgehead atoms. The van der Waals surface area contributed by atoms with Crippen LogP contribution in [0.15, 0.2) is 28.2 Å². The highest BCUT2D eigenvalue weighted by Crippen LogP contribution is 2.35. The lowest BCUT2D eigenvalue weighted by molar-refractivity contribution is -0.116. The number of nitrogens with one attached hydrogen (secondary N) is 1. The Hall–Kier alpha value is -2.48. The van der Waals surface area contributed by atoms with Gasteiger partial charge in [0.25, 0.3) is 5.56 Å². The number of rotatable bonds is 3. The number of carbonyl (C=O) groups excluding carboxylic acids is 1. The van der Waals surface area contributed by atoms with Crippen molar-refractivity contribution in [2.24, 2.45) is 0 Å². The van der Waals surface area contributed by atoms with Crippen LogP contribution in [0.1, 0.15) is 30.1 Å². The fraction of sp³-hybridized carbons (Fsp3) is 0.421. The van der Waals surface area contributed by atoms with E-state index in [4.69, 9.17) is 9.47 Å². The van der Waals surface area contributed by atoms with Gasteiger partial charge < -0.3 is 14.8 Å². The molecule has 1 aliphatic carbocycles. The number of benzene rings is 1. The Morgan fingerprint density at radius 1 is 1.26 bits per heavy atom. The average Bonchev–Trinajstić information content (AvgIpc) is 3.29. The Bertz CT molecular complexity index is 988. The van der Waals surface area contributed by atoms with Crippen LogP contribution in [0.2, 0.25) is 0 Å². The minimum absolute atomic E-state index is 0.0367. The number of aromatic nitrogens is 2. The molecule has 0 radical (unpaired) electrons. The molecule has 1 aromatic carbocycles. The van der Waals surface area contributed by atoms with Crippen molar-refractivity contribution >= 4 is 23.4 Å². The second kappa shape index (κ2) is 6.60. The molecule has 0 spiro atoms. The van der Waals surface area contributed by atoms with Crippen molar-refractivity contribution in [2.45, 2.75) is 36.9 Å². The molecule has 1 amide bonds. The van der Waals surface area contributed by atoms with E-state index < -0.39 is 0 Å². The zero-order chi connectivity index (χ0) is 18.4. The lowest BCUT2D eigenvalue weighted by Gasteiger charge is -2.19. The summed E-state index contributed by atoms with van der Waals surface area (Å²) in [7, 11) is 0. The van der Waals surface area contributed by atoms with Gasteiger partial charge in [-0.05, 0) is 31.4 Å². The molecule has 8 heteroatoms. The van der Waals surface area contributed by atoms with E-state index in [9.17, 15) is 9.59 Å². The smallest absolute Gasteiger partial charge is 0.257 e. The highest BCUT2D eigenvalue weighted by molar-refractivity contribution is 7.99. The van der Waals surface area contributed by atoms with E-state index in [0.29, 0.717) is 36.2 Å². The molecule has 5 rings (SSSR count). The van der Waals surface area contributed by atoms with Crippen LogP contribution in [0.5, 0.6) is 11.5 Å². The van der Waals surface area contributed by atoms with Crippen LogP contribution >= 0.6 is 11.8 Å². The number of fused-ring (bicyclic) bond motifs is 3. The summed E-state index contributed by atoms with van der Waals surface area (Å²) in [6.45, 7) is 1.03. The highest BCUT2D eigenvalue weighted by Gasteiger charge is 2.31. The Balaban J connectivity index is 1.33. The van der Waals surface area contributed by atoms with Gasteiger partial charge in [0.15, 0.2) is 16.7 Å². The number of hydrogen-bond acceptors (Lipinski definition) is 6. The fourth-order valence-corrected chi connectivity index (χ4v) is 5.00. The second-order valence-corrected chi connectivity index (χ2v) is 7.91. The quantitative estimate of drug-likeness (QED) is 0.816. The standard InChI is InChI=1S/C19H19N3O4S/c23-17(20-11-4-5-15-16(8-11)26-7-6-25-15)9-12-10-27-19-21-14-3-1-2-13(14)18(24)22(12)19/h4-5,8,12H,1-3,6-7,9-10H2,(H,20,23). The summed E-state index contributed by atoms with van der Waals surface area (Å²) in [6.07, 6.45) is 2.91. The maximum absolute atomic E-state index is 12.8. The number of nitrogens with zero attached hydrogens (tertiary/aromatic N) is 2. The molecule has 0 fully saturated rings. The molecule has 1 N–H and O–H groups in total. The summed E-state index contributed by atoms with van der Waals surface area (Å²) in [5.41, 5.74) is 2.47. The van der Waals surface area contributed by atoms with Crippen LogP contribution in [0.4, 0.5) is 5.69 Å². The summed E-state index contributed by atoms with van der Waals surface area (Å²) < 4.78 is 12.8. The molecular formula is C19H19N3O4S. The number of anilines is 1. The Morgan fingerprint density at radius 3 is 3.00 bits per heavy atom. The number of aryl methyl sites for hydroxylation is 1. The molecule has 3 heterocycles. The Kier molecular flexibility index (Phi) is 4.07. The van der Waals surface area contributed by atoms with Crippen LogP contribution < -0.4 is 20.3 Å². The maximum Gasteiger partial charge on any atom is 0.257 e. The lowest BCUT2D eigenvalue weighted by atomic mass is 10.2. The number of thioether (sulfide) groups is 1. The third-order valence-corrected chi connectivity index (χ3v) is 6.22. The van der Waals surface area contributed by atoms with Gasteiger partial charge in [-0.2, -0.15) is 0 Å². The van der Waals surface area contributed by atoms with Crippen molar-refractivity contribution in [1.82, 2.24) is 9.55 Å². The topological polar surface area (TPSA) is 82.5 Å². The molecule has 140 valence electrons. The number of amides is 1. The third-order valence-electron chi connectivity index (χ3n) is 5.12. The fourth-order valence-electron chi connectivity index (χ4n) is 3.85. The molecule has 0 saturated carbocycles. The first-order valence-electron chi connectivity index (χ1n) is 9.15. The maximum atomic E-state index is 12.8. The SMILES string of the molecule is O=C(CC1CSc2nc3c(c(=O)n21)CCC3)Nc1ccc2c(c1)OCCO2. The van der Waals surface area contributed by atoms with Gasteiger partial charge in [-0.25, -0.2) is 4.98 Å². The first-order valence-corrected chi connectivity index (χ1v) is 10.1.